The van der Waals surface area contributed by atoms with Gasteiger partial charge in [-0.05, 0) is 49.7 Å². The van der Waals surface area contributed by atoms with Gasteiger partial charge in [0.2, 0.25) is 6.17 Å². The third kappa shape index (κ3) is 5.22. The zero-order chi connectivity index (χ0) is 24.1. The van der Waals surface area contributed by atoms with E-state index in [1.54, 1.807) is 4.90 Å². The maximum Gasteiger partial charge on any atom is 0.321 e. The Morgan fingerprint density at radius 2 is 1.82 bits per heavy atom. The van der Waals surface area contributed by atoms with Gasteiger partial charge in [-0.1, -0.05) is 38.1 Å². The van der Waals surface area contributed by atoms with Gasteiger partial charge in [0.05, 0.1) is 5.69 Å². The van der Waals surface area contributed by atoms with E-state index < -0.39 is 12.2 Å². The van der Waals surface area contributed by atoms with E-state index in [1.165, 1.54) is 0 Å². The SMILES string of the molecule is CCCN1C(=O)[C@H](NC(=O)Nc2cccc(CC)c2)N=C(N2CCN(C)CC2)c2ccccc21. The fourth-order valence-electron chi connectivity index (χ4n) is 4.39. The maximum atomic E-state index is 13.6. The molecular weight excluding hydrogens is 428 g/mol. The summed E-state index contributed by atoms with van der Waals surface area (Å²) in [5, 5.41) is 5.69. The molecular formula is C26H34N6O2. The largest absolute Gasteiger partial charge is 0.354 e. The standard InChI is InChI=1S/C26H34N6O2/c1-4-13-32-22-12-7-6-11-21(22)24(31-16-14-30(3)15-17-31)28-23(25(32)33)29-26(34)27-20-10-8-9-19(5-2)18-20/h6-12,18,23H,4-5,13-17H2,1-3H3,(H2,27,29,34)/t23-/m0/s1. The molecule has 8 nitrogen and oxygen atoms in total. The van der Waals surface area contributed by atoms with E-state index in [9.17, 15) is 9.59 Å². The number of likely N-dealkylation sites (N-methyl/N-ethyl adjacent to an activating group) is 1. The lowest BCUT2D eigenvalue weighted by molar-refractivity contribution is -0.120. The van der Waals surface area contributed by atoms with Gasteiger partial charge in [0.1, 0.15) is 5.84 Å². The molecule has 0 saturated carbocycles. The molecule has 4 rings (SSSR count). The number of anilines is 2. The van der Waals surface area contributed by atoms with Crippen molar-refractivity contribution in [3.63, 3.8) is 0 Å². The lowest BCUT2D eigenvalue weighted by atomic mass is 10.1. The van der Waals surface area contributed by atoms with Crippen molar-refractivity contribution in [2.45, 2.75) is 32.9 Å². The van der Waals surface area contributed by atoms with Crippen LogP contribution in [0.4, 0.5) is 16.2 Å². The molecule has 1 saturated heterocycles. The van der Waals surface area contributed by atoms with Crippen molar-refractivity contribution >= 4 is 29.1 Å². The Kier molecular flexibility index (Phi) is 7.47. The predicted molar refractivity (Wildman–Crippen MR) is 136 cm³/mol. The van der Waals surface area contributed by atoms with Gasteiger partial charge < -0.3 is 25.3 Å². The molecule has 1 atom stereocenters. The monoisotopic (exact) mass is 462 g/mol. The van der Waals surface area contributed by atoms with E-state index in [0.717, 1.165) is 61.7 Å². The van der Waals surface area contributed by atoms with E-state index in [2.05, 4.69) is 34.4 Å². The average Bonchev–Trinajstić information content (AvgIpc) is 2.95. The highest BCUT2D eigenvalue weighted by atomic mass is 16.2. The number of hydrogen-bond acceptors (Lipinski definition) is 5. The maximum absolute atomic E-state index is 13.6. The first-order valence-electron chi connectivity index (χ1n) is 12.1. The summed E-state index contributed by atoms with van der Waals surface area (Å²) in [6.07, 6.45) is 0.663. The van der Waals surface area contributed by atoms with E-state index in [0.29, 0.717) is 12.2 Å². The quantitative estimate of drug-likeness (QED) is 0.716. The highest BCUT2D eigenvalue weighted by Gasteiger charge is 2.34. The summed E-state index contributed by atoms with van der Waals surface area (Å²) >= 11 is 0. The van der Waals surface area contributed by atoms with Crippen LogP contribution in [0, 0.1) is 0 Å². The van der Waals surface area contributed by atoms with Crippen molar-refractivity contribution in [2.24, 2.45) is 4.99 Å². The van der Waals surface area contributed by atoms with Crippen molar-refractivity contribution in [1.29, 1.82) is 0 Å². The van der Waals surface area contributed by atoms with Gasteiger partial charge in [-0.3, -0.25) is 4.79 Å². The zero-order valence-corrected chi connectivity index (χ0v) is 20.3. The number of urea groups is 1. The second-order valence-corrected chi connectivity index (χ2v) is 8.80. The highest BCUT2D eigenvalue weighted by Crippen LogP contribution is 2.27. The van der Waals surface area contributed by atoms with Crippen LogP contribution in [0.1, 0.15) is 31.4 Å². The number of amidine groups is 1. The van der Waals surface area contributed by atoms with Crippen molar-refractivity contribution in [1.82, 2.24) is 15.1 Å². The molecule has 0 radical (unpaired) electrons. The molecule has 1 fully saturated rings. The van der Waals surface area contributed by atoms with E-state index in [1.807, 2.05) is 55.5 Å². The number of carbonyl (C=O) groups excluding carboxylic acids is 2. The zero-order valence-electron chi connectivity index (χ0n) is 20.3. The lowest BCUT2D eigenvalue weighted by Gasteiger charge is -2.35. The number of nitrogens with one attached hydrogen (secondary N) is 2. The fraction of sp³-hybridized carbons (Fsp3) is 0.423. The van der Waals surface area contributed by atoms with Gasteiger partial charge in [-0.25, -0.2) is 9.79 Å². The smallest absolute Gasteiger partial charge is 0.321 e. The van der Waals surface area contributed by atoms with Crippen molar-refractivity contribution in [3.05, 3.63) is 59.7 Å². The second kappa shape index (κ2) is 10.7. The summed E-state index contributed by atoms with van der Waals surface area (Å²) in [6.45, 7) is 8.12. The Morgan fingerprint density at radius 3 is 2.56 bits per heavy atom. The number of aliphatic imine (C=N–C) groups is 1. The van der Waals surface area contributed by atoms with Gasteiger partial charge >= 0.3 is 6.03 Å². The number of piperazine rings is 1. The van der Waals surface area contributed by atoms with Crippen LogP contribution in [-0.2, 0) is 11.2 Å². The molecule has 2 aliphatic heterocycles. The Morgan fingerprint density at radius 1 is 1.06 bits per heavy atom. The van der Waals surface area contributed by atoms with Crippen LogP contribution in [0.15, 0.2) is 53.5 Å². The molecule has 0 aliphatic carbocycles. The molecule has 0 unspecified atom stereocenters. The van der Waals surface area contributed by atoms with E-state index in [4.69, 9.17) is 4.99 Å². The molecule has 34 heavy (non-hydrogen) atoms. The van der Waals surface area contributed by atoms with Gasteiger partial charge in [-0.15, -0.1) is 0 Å². The summed E-state index contributed by atoms with van der Waals surface area (Å²) in [5.74, 6) is 0.532. The number of benzene rings is 2. The number of nitrogens with zero attached hydrogens (tertiary/aromatic N) is 4. The third-order valence-electron chi connectivity index (χ3n) is 6.30. The van der Waals surface area contributed by atoms with Crippen molar-refractivity contribution < 1.29 is 9.59 Å². The molecule has 2 aromatic rings. The summed E-state index contributed by atoms with van der Waals surface area (Å²) in [5.41, 5.74) is 3.58. The number of hydrogen-bond donors (Lipinski definition) is 2. The number of benzodiazepines with no additional fused rings is 1. The third-order valence-corrected chi connectivity index (χ3v) is 6.30. The van der Waals surface area contributed by atoms with Crippen LogP contribution in [0.5, 0.6) is 0 Å². The average molecular weight is 463 g/mol. The lowest BCUT2D eigenvalue weighted by Crippen LogP contribution is -2.50. The minimum Gasteiger partial charge on any atom is -0.354 e. The summed E-state index contributed by atoms with van der Waals surface area (Å²) < 4.78 is 0. The first-order valence-corrected chi connectivity index (χ1v) is 12.1. The first kappa shape index (κ1) is 23.8. The topological polar surface area (TPSA) is 80.3 Å². The van der Waals surface area contributed by atoms with E-state index in [-0.39, 0.29) is 5.91 Å². The molecule has 0 bridgehead atoms. The Balaban J connectivity index is 1.65. The Hall–Kier alpha value is -3.39. The molecule has 2 N–H and O–H groups in total. The van der Waals surface area contributed by atoms with Crippen LogP contribution in [0.3, 0.4) is 0 Å². The number of rotatable bonds is 5. The molecule has 2 heterocycles. The molecule has 0 spiro atoms. The number of para-hydroxylation sites is 1. The number of fused-ring (bicyclic) bond motifs is 1. The molecule has 3 amide bonds. The molecule has 2 aromatic carbocycles. The Labute approximate surface area is 201 Å². The first-order chi connectivity index (χ1) is 16.5. The minimum atomic E-state index is -1.01. The molecule has 180 valence electrons. The minimum absolute atomic E-state index is 0.226. The van der Waals surface area contributed by atoms with Gasteiger partial charge in [-0.2, -0.15) is 0 Å². The molecule has 8 heteroatoms. The van der Waals surface area contributed by atoms with Crippen molar-refractivity contribution in [2.75, 3.05) is 50.0 Å². The second-order valence-electron chi connectivity index (χ2n) is 8.80. The van der Waals surface area contributed by atoms with Crippen molar-refractivity contribution in [3.8, 4) is 0 Å². The normalized spacial score (nSPS) is 18.7. The molecule has 2 aliphatic rings. The number of amides is 3. The van der Waals surface area contributed by atoms with Gasteiger partial charge in [0, 0.05) is 44.0 Å². The Bertz CT molecular complexity index is 1060. The van der Waals surface area contributed by atoms with Crippen LogP contribution in [0.25, 0.3) is 0 Å². The summed E-state index contributed by atoms with van der Waals surface area (Å²) in [7, 11) is 2.11. The number of carbonyl (C=O) groups is 2. The van der Waals surface area contributed by atoms with Gasteiger partial charge in [0.25, 0.3) is 5.91 Å². The fourth-order valence-corrected chi connectivity index (χ4v) is 4.39. The van der Waals surface area contributed by atoms with Crippen LogP contribution >= 0.6 is 0 Å². The van der Waals surface area contributed by atoms with Crippen LogP contribution in [-0.4, -0.2) is 73.5 Å². The van der Waals surface area contributed by atoms with Crippen LogP contribution < -0.4 is 15.5 Å². The predicted octanol–water partition coefficient (Wildman–Crippen LogP) is 3.15. The van der Waals surface area contributed by atoms with Crippen LogP contribution in [0.2, 0.25) is 0 Å². The molecule has 0 aromatic heterocycles. The highest BCUT2D eigenvalue weighted by molar-refractivity contribution is 6.12. The van der Waals surface area contributed by atoms with E-state index >= 15 is 0 Å². The van der Waals surface area contributed by atoms with Gasteiger partial charge in [0.15, 0.2) is 0 Å². The summed E-state index contributed by atoms with van der Waals surface area (Å²) in [6, 6.07) is 15.2. The summed E-state index contributed by atoms with van der Waals surface area (Å²) in [4.78, 5) is 37.6. The number of aryl methyl sites for hydroxylation is 1.